The van der Waals surface area contributed by atoms with Gasteiger partial charge in [0.15, 0.2) is 11.6 Å². The number of fused-ring (bicyclic) bond motifs is 4. The third-order valence-corrected chi connectivity index (χ3v) is 12.8. The van der Waals surface area contributed by atoms with Gasteiger partial charge in [0.2, 0.25) is 16.9 Å². The smallest absolute Gasteiger partial charge is 0.343 e. The Morgan fingerprint density at radius 2 is 1.55 bits per heavy atom. The average Bonchev–Trinajstić information content (AvgIpc) is 3.54. The molecule has 0 saturated carbocycles. The molecule has 9 rings (SSSR count). The molecular weight excluding hydrogens is 718 g/mol. The Hall–Kier alpha value is -5.12. The molecule has 1 atom stereocenters. The first kappa shape index (κ1) is 36.5. The Kier molecular flexibility index (Phi) is 9.20. The quantitative estimate of drug-likeness (QED) is 0.0818. The van der Waals surface area contributed by atoms with E-state index in [-0.39, 0.29) is 28.2 Å². The number of aryl methyl sites for hydroxylation is 2. The minimum absolute atomic E-state index is 0.0399. The fourth-order valence-electron chi connectivity index (χ4n) is 9.71. The van der Waals surface area contributed by atoms with Gasteiger partial charge in [-0.1, -0.05) is 20.8 Å². The molecule has 5 aliphatic heterocycles. The molecule has 5 heterocycles. The molecule has 0 saturated heterocycles. The van der Waals surface area contributed by atoms with E-state index in [1.807, 2.05) is 13.8 Å². The first-order valence-electron chi connectivity index (χ1n) is 20.2. The second-order valence-corrected chi connectivity index (χ2v) is 16.4. The van der Waals surface area contributed by atoms with Crippen LogP contribution in [0.15, 0.2) is 36.4 Å². The number of hydrogen-bond donors (Lipinski definition) is 1. The van der Waals surface area contributed by atoms with Crippen LogP contribution < -0.4 is 29.5 Å². The van der Waals surface area contributed by atoms with Crippen LogP contribution in [0.3, 0.4) is 0 Å². The average molecular weight is 764 g/mol. The normalized spacial score (nSPS) is 17.5. The van der Waals surface area contributed by atoms with Gasteiger partial charge in [-0.25, -0.2) is 22.9 Å². The lowest BCUT2D eigenvalue weighted by atomic mass is 9.82. The van der Waals surface area contributed by atoms with Gasteiger partial charge >= 0.3 is 11.9 Å². The van der Waals surface area contributed by atoms with Crippen LogP contribution in [0.5, 0.6) is 17.2 Å². The van der Waals surface area contributed by atoms with Gasteiger partial charge in [-0.15, -0.1) is 0 Å². The predicted octanol–water partition coefficient (Wildman–Crippen LogP) is 8.00. The van der Waals surface area contributed by atoms with Crippen molar-refractivity contribution in [1.29, 1.82) is 0 Å². The maximum absolute atomic E-state index is 15.8. The summed E-state index contributed by atoms with van der Waals surface area (Å²) in [5.41, 5.74) is 7.28. The third kappa shape index (κ3) is 5.89. The summed E-state index contributed by atoms with van der Waals surface area (Å²) in [5.74, 6) is -6.67. The zero-order valence-corrected chi connectivity index (χ0v) is 32.1. The van der Waals surface area contributed by atoms with Crippen molar-refractivity contribution < 1.29 is 37.3 Å². The number of esters is 1. The van der Waals surface area contributed by atoms with Crippen LogP contribution in [0.25, 0.3) is 5.57 Å². The number of carboxylic acids is 1. The van der Waals surface area contributed by atoms with Crippen LogP contribution in [-0.4, -0.2) is 43.2 Å². The minimum atomic E-state index is -1.60. The lowest BCUT2D eigenvalue weighted by Crippen LogP contribution is -2.41. The highest BCUT2D eigenvalue weighted by Gasteiger charge is 2.36. The Labute approximate surface area is 324 Å². The summed E-state index contributed by atoms with van der Waals surface area (Å²) in [6.07, 6.45) is 9.49. The van der Waals surface area contributed by atoms with Crippen LogP contribution in [0.1, 0.15) is 125 Å². The predicted molar refractivity (Wildman–Crippen MR) is 207 cm³/mol. The van der Waals surface area contributed by atoms with Crippen molar-refractivity contribution in [3.05, 3.63) is 114 Å². The van der Waals surface area contributed by atoms with Gasteiger partial charge in [0.05, 0.1) is 16.7 Å². The van der Waals surface area contributed by atoms with Crippen molar-refractivity contribution >= 4 is 23.2 Å². The van der Waals surface area contributed by atoms with Crippen LogP contribution >= 0.6 is 0 Å². The molecule has 0 fully saturated rings. The summed E-state index contributed by atoms with van der Waals surface area (Å²) in [6.45, 7) is 9.23. The van der Waals surface area contributed by atoms with Gasteiger partial charge in [-0.3, -0.25) is 0 Å². The molecule has 7 nitrogen and oxygen atoms in total. The number of carbonyl (C=O) groups is 2. The Morgan fingerprint density at radius 1 is 0.804 bits per heavy atom. The summed E-state index contributed by atoms with van der Waals surface area (Å²) in [7, 11) is 0. The zero-order valence-electron chi connectivity index (χ0n) is 32.1. The van der Waals surface area contributed by atoms with Crippen LogP contribution in [0.2, 0.25) is 0 Å². The number of anilines is 1. The van der Waals surface area contributed by atoms with Crippen molar-refractivity contribution in [3.8, 4) is 17.2 Å². The first-order chi connectivity index (χ1) is 27.0. The lowest BCUT2D eigenvalue weighted by molar-refractivity contribution is 0.0689. The van der Waals surface area contributed by atoms with E-state index in [0.717, 1.165) is 130 Å². The number of carboxylic acid groups (broad SMARTS) is 1. The Morgan fingerprint density at radius 3 is 2.36 bits per heavy atom. The molecule has 0 radical (unpaired) electrons. The maximum Gasteiger partial charge on any atom is 0.343 e. The summed E-state index contributed by atoms with van der Waals surface area (Å²) in [5, 5.41) is 12.7. The van der Waals surface area contributed by atoms with E-state index in [1.54, 1.807) is 6.92 Å². The van der Waals surface area contributed by atoms with Gasteiger partial charge < -0.3 is 19.5 Å². The second kappa shape index (κ2) is 14.1. The molecule has 5 aliphatic rings. The van der Waals surface area contributed by atoms with E-state index in [4.69, 9.17) is 9.47 Å². The number of halogens is 3. The number of aromatic carboxylic acids is 1. The summed E-state index contributed by atoms with van der Waals surface area (Å²) in [4.78, 5) is 29.5. The van der Waals surface area contributed by atoms with Gasteiger partial charge in [0.1, 0.15) is 24.6 Å². The SMILES string of the molecule is CC(C)C(C)c1cc(F)c(F)c(OC(=O)c2ccc(C(=O)O)c(C3=c4cc5c6c(c4Oc4c3cc3c7c4CCCN7CCCC3)CCC[N+]=6CCCC5)c2)c1F. The highest BCUT2D eigenvalue weighted by atomic mass is 19.2. The summed E-state index contributed by atoms with van der Waals surface area (Å²) < 4.78 is 60.9. The molecule has 0 spiro atoms. The number of benzene rings is 4. The van der Waals surface area contributed by atoms with E-state index >= 15 is 8.78 Å². The molecule has 1 unspecified atom stereocenters. The maximum atomic E-state index is 15.8. The topological polar surface area (TPSA) is 79.1 Å². The highest BCUT2D eigenvalue weighted by Crippen LogP contribution is 2.49. The molecular formula is C46H46F3N2O5+. The molecule has 290 valence electrons. The lowest BCUT2D eigenvalue weighted by Gasteiger charge is -2.35. The molecule has 10 heteroatoms. The van der Waals surface area contributed by atoms with E-state index in [0.29, 0.717) is 5.57 Å². The van der Waals surface area contributed by atoms with Crippen LogP contribution in [0, 0.1) is 23.4 Å². The minimum Gasteiger partial charge on any atom is -0.478 e. The number of rotatable bonds is 6. The molecule has 0 aliphatic carbocycles. The van der Waals surface area contributed by atoms with Gasteiger partial charge in [0, 0.05) is 59.1 Å². The van der Waals surface area contributed by atoms with Crippen molar-refractivity contribution in [2.24, 2.45) is 5.92 Å². The fourth-order valence-corrected chi connectivity index (χ4v) is 9.71. The molecule has 56 heavy (non-hydrogen) atoms. The number of carbonyl (C=O) groups excluding carboxylic acids is 1. The largest absolute Gasteiger partial charge is 0.478 e. The van der Waals surface area contributed by atoms with Crippen LogP contribution in [0.4, 0.5) is 18.9 Å². The molecule has 4 aromatic carbocycles. The highest BCUT2D eigenvalue weighted by molar-refractivity contribution is 6.02. The monoisotopic (exact) mass is 763 g/mol. The third-order valence-electron chi connectivity index (χ3n) is 12.8. The Balaban J connectivity index is 1.30. The van der Waals surface area contributed by atoms with Gasteiger partial charge in [-0.2, -0.15) is 4.39 Å². The van der Waals surface area contributed by atoms with E-state index in [9.17, 15) is 19.1 Å². The first-order valence-corrected chi connectivity index (χ1v) is 20.2. The van der Waals surface area contributed by atoms with Crippen molar-refractivity contribution in [1.82, 2.24) is 4.58 Å². The fraction of sp³-hybridized carbons (Fsp3) is 0.413. The van der Waals surface area contributed by atoms with Gasteiger partial charge in [0.25, 0.3) is 0 Å². The van der Waals surface area contributed by atoms with Gasteiger partial charge in [-0.05, 0) is 116 Å². The zero-order chi connectivity index (χ0) is 39.0. The molecule has 4 aromatic rings. The number of hydrogen-bond acceptors (Lipinski definition) is 5. The molecule has 0 aromatic heterocycles. The second-order valence-electron chi connectivity index (χ2n) is 16.4. The molecule has 0 bridgehead atoms. The molecule has 0 amide bonds. The van der Waals surface area contributed by atoms with Crippen molar-refractivity contribution in [2.75, 3.05) is 31.1 Å². The van der Waals surface area contributed by atoms with E-state index in [2.05, 4.69) is 21.6 Å². The summed E-state index contributed by atoms with van der Waals surface area (Å²) in [6, 6.07) is 9.19. The van der Waals surface area contributed by atoms with Crippen LogP contribution in [-0.2, 0) is 25.7 Å². The Bertz CT molecular complexity index is 2490. The van der Waals surface area contributed by atoms with E-state index < -0.39 is 41.1 Å². The van der Waals surface area contributed by atoms with E-state index in [1.165, 1.54) is 40.4 Å². The number of nitrogens with zero attached hydrogens (tertiary/aromatic N) is 2. The number of ether oxygens (including phenoxy) is 2. The molecule has 1 N–H and O–H groups in total. The van der Waals surface area contributed by atoms with Crippen molar-refractivity contribution in [3.63, 3.8) is 0 Å². The summed E-state index contributed by atoms with van der Waals surface area (Å²) >= 11 is 0. The standard InChI is InChI=1S/C46H45F3N2O5/c1-24(2)25(3)32-23-36(47)39(49)44(38(32)48)56-46(54)28-14-15-29(45(52)53)33(22-28)37-34-20-26-10-4-6-16-50-18-8-12-30(40(26)50)42(34)55-43-31-13-9-19-51-17-7-5-11-27(41(31)51)21-35(37)43/h14-15,20-25H,4-13,16-19H2,1-3H3/p+1. The van der Waals surface area contributed by atoms with Crippen molar-refractivity contribution in [2.45, 2.75) is 90.9 Å².